The Morgan fingerprint density at radius 1 is 1.50 bits per heavy atom. The predicted octanol–water partition coefficient (Wildman–Crippen LogP) is 1.56. The molecule has 2 fully saturated rings. The van der Waals surface area contributed by atoms with E-state index >= 15 is 0 Å². The highest BCUT2D eigenvalue weighted by Gasteiger charge is 2.36. The molecule has 0 bridgehead atoms. The summed E-state index contributed by atoms with van der Waals surface area (Å²) in [6, 6.07) is 0.771. The highest BCUT2D eigenvalue weighted by molar-refractivity contribution is 5.31. The topological polar surface area (TPSA) is 15.3 Å². The van der Waals surface area contributed by atoms with E-state index in [1.165, 1.54) is 12.8 Å². The fourth-order valence-corrected chi connectivity index (χ4v) is 2.83. The summed E-state index contributed by atoms with van der Waals surface area (Å²) in [5.74, 6) is -0.0275. The SMILES string of the molecule is FC1=C2[C@H](CC=C1)NC[C@@H]1CCCN21. The molecule has 1 aliphatic carbocycles. The molecule has 2 aliphatic heterocycles. The van der Waals surface area contributed by atoms with Gasteiger partial charge in [-0.05, 0) is 25.3 Å². The molecule has 0 radical (unpaired) electrons. The maximum Gasteiger partial charge on any atom is 0.143 e. The summed E-state index contributed by atoms with van der Waals surface area (Å²) < 4.78 is 13.7. The van der Waals surface area contributed by atoms with Crippen LogP contribution in [0.5, 0.6) is 0 Å². The Bertz CT molecular complexity index is 308. The molecular weight excluding hydrogens is 179 g/mol. The number of fused-ring (bicyclic) bond motifs is 3. The minimum absolute atomic E-state index is 0.0275. The van der Waals surface area contributed by atoms with E-state index in [-0.39, 0.29) is 11.9 Å². The molecule has 0 aromatic heterocycles. The molecule has 2 saturated heterocycles. The fraction of sp³-hybridized carbons (Fsp3) is 0.636. The Kier molecular flexibility index (Phi) is 1.87. The number of hydrogen-bond donors (Lipinski definition) is 1. The van der Waals surface area contributed by atoms with Crippen LogP contribution >= 0.6 is 0 Å². The van der Waals surface area contributed by atoms with E-state index in [9.17, 15) is 4.39 Å². The third-order valence-corrected chi connectivity index (χ3v) is 3.50. The molecule has 76 valence electrons. The zero-order valence-corrected chi connectivity index (χ0v) is 8.17. The molecular formula is C11H15FN2. The van der Waals surface area contributed by atoms with Gasteiger partial charge in [0.2, 0.25) is 0 Å². The molecule has 2 nitrogen and oxygen atoms in total. The van der Waals surface area contributed by atoms with Crippen molar-refractivity contribution in [3.63, 3.8) is 0 Å². The first-order valence-electron chi connectivity index (χ1n) is 5.42. The van der Waals surface area contributed by atoms with Gasteiger partial charge in [-0.2, -0.15) is 0 Å². The van der Waals surface area contributed by atoms with E-state index in [0.717, 1.165) is 25.2 Å². The van der Waals surface area contributed by atoms with Crippen molar-refractivity contribution >= 4 is 0 Å². The van der Waals surface area contributed by atoms with Crippen LogP contribution in [-0.2, 0) is 0 Å². The third kappa shape index (κ3) is 1.12. The van der Waals surface area contributed by atoms with Gasteiger partial charge in [-0.1, -0.05) is 6.08 Å². The lowest BCUT2D eigenvalue weighted by molar-refractivity contribution is 0.222. The summed E-state index contributed by atoms with van der Waals surface area (Å²) >= 11 is 0. The van der Waals surface area contributed by atoms with Gasteiger partial charge in [0.05, 0.1) is 11.7 Å². The Morgan fingerprint density at radius 2 is 2.43 bits per heavy atom. The molecule has 3 heteroatoms. The van der Waals surface area contributed by atoms with Crippen molar-refractivity contribution in [1.29, 1.82) is 0 Å². The Morgan fingerprint density at radius 3 is 3.36 bits per heavy atom. The van der Waals surface area contributed by atoms with Crippen molar-refractivity contribution in [1.82, 2.24) is 10.2 Å². The summed E-state index contributed by atoms with van der Waals surface area (Å²) in [5, 5.41) is 3.43. The second-order valence-electron chi connectivity index (χ2n) is 4.32. The van der Waals surface area contributed by atoms with E-state index in [2.05, 4.69) is 10.2 Å². The van der Waals surface area contributed by atoms with Gasteiger partial charge in [0.25, 0.3) is 0 Å². The molecule has 2 atom stereocenters. The van der Waals surface area contributed by atoms with Crippen molar-refractivity contribution < 1.29 is 4.39 Å². The fourth-order valence-electron chi connectivity index (χ4n) is 2.83. The van der Waals surface area contributed by atoms with Crippen LogP contribution in [0, 0.1) is 0 Å². The summed E-state index contributed by atoms with van der Waals surface area (Å²) in [6.07, 6.45) is 6.90. The number of piperazine rings is 1. The van der Waals surface area contributed by atoms with E-state index in [4.69, 9.17) is 0 Å². The number of allylic oxidation sites excluding steroid dienone is 2. The van der Waals surface area contributed by atoms with Crippen molar-refractivity contribution in [2.24, 2.45) is 0 Å². The molecule has 0 spiro atoms. The number of nitrogens with zero attached hydrogens (tertiary/aromatic N) is 1. The summed E-state index contributed by atoms with van der Waals surface area (Å²) in [7, 11) is 0. The summed E-state index contributed by atoms with van der Waals surface area (Å²) in [5.41, 5.74) is 0.918. The Balaban J connectivity index is 1.98. The van der Waals surface area contributed by atoms with Crippen molar-refractivity contribution in [3.05, 3.63) is 23.7 Å². The molecule has 0 amide bonds. The van der Waals surface area contributed by atoms with E-state index in [1.54, 1.807) is 6.08 Å². The second kappa shape index (κ2) is 3.09. The van der Waals surface area contributed by atoms with Gasteiger partial charge in [-0.15, -0.1) is 0 Å². The molecule has 1 N–H and O–H groups in total. The molecule has 0 saturated carbocycles. The normalized spacial score (nSPS) is 35.9. The third-order valence-electron chi connectivity index (χ3n) is 3.50. The second-order valence-corrected chi connectivity index (χ2v) is 4.32. The van der Waals surface area contributed by atoms with Gasteiger partial charge < -0.3 is 10.2 Å². The van der Waals surface area contributed by atoms with Crippen molar-refractivity contribution in [2.45, 2.75) is 31.3 Å². The molecule has 2 heterocycles. The Labute approximate surface area is 83.5 Å². The zero-order valence-electron chi connectivity index (χ0n) is 8.17. The van der Waals surface area contributed by atoms with Gasteiger partial charge in [0, 0.05) is 19.1 Å². The first-order valence-corrected chi connectivity index (χ1v) is 5.42. The largest absolute Gasteiger partial charge is 0.367 e. The lowest BCUT2D eigenvalue weighted by atomic mass is 9.98. The minimum atomic E-state index is -0.0275. The first kappa shape index (κ1) is 8.48. The van der Waals surface area contributed by atoms with Crippen LogP contribution in [0.1, 0.15) is 19.3 Å². The molecule has 0 aromatic rings. The molecule has 3 aliphatic rings. The van der Waals surface area contributed by atoms with Crippen LogP contribution in [-0.4, -0.2) is 30.1 Å². The van der Waals surface area contributed by atoms with Gasteiger partial charge in [0.15, 0.2) is 0 Å². The van der Waals surface area contributed by atoms with Crippen LogP contribution in [0.25, 0.3) is 0 Å². The quantitative estimate of drug-likeness (QED) is 0.629. The van der Waals surface area contributed by atoms with Crippen LogP contribution in [0.2, 0.25) is 0 Å². The van der Waals surface area contributed by atoms with E-state index in [1.807, 2.05) is 6.08 Å². The van der Waals surface area contributed by atoms with Crippen molar-refractivity contribution in [2.75, 3.05) is 13.1 Å². The highest BCUT2D eigenvalue weighted by Crippen LogP contribution is 2.33. The molecule has 3 rings (SSSR count). The maximum absolute atomic E-state index is 13.7. The number of nitrogens with one attached hydrogen (secondary N) is 1. The van der Waals surface area contributed by atoms with E-state index in [0.29, 0.717) is 6.04 Å². The van der Waals surface area contributed by atoms with Gasteiger partial charge in [-0.3, -0.25) is 0 Å². The smallest absolute Gasteiger partial charge is 0.143 e. The van der Waals surface area contributed by atoms with Crippen LogP contribution in [0.3, 0.4) is 0 Å². The standard InChI is InChI=1S/C11H15FN2/c12-9-4-1-5-10-11(9)14-6-2-3-8(14)7-13-10/h1,4,8,10,13H,2-3,5-7H2/t8-,10-/m0/s1. The lowest BCUT2D eigenvalue weighted by Gasteiger charge is -2.41. The Hall–Kier alpha value is -0.830. The maximum atomic E-state index is 13.7. The average Bonchev–Trinajstić information content (AvgIpc) is 2.65. The van der Waals surface area contributed by atoms with Crippen LogP contribution in [0.15, 0.2) is 23.7 Å². The lowest BCUT2D eigenvalue weighted by Crippen LogP contribution is -2.52. The molecule has 0 aromatic carbocycles. The number of halogens is 1. The first-order chi connectivity index (χ1) is 6.86. The van der Waals surface area contributed by atoms with Crippen molar-refractivity contribution in [3.8, 4) is 0 Å². The van der Waals surface area contributed by atoms with Gasteiger partial charge in [-0.25, -0.2) is 4.39 Å². The van der Waals surface area contributed by atoms with E-state index < -0.39 is 0 Å². The van der Waals surface area contributed by atoms with Crippen LogP contribution in [0.4, 0.5) is 4.39 Å². The van der Waals surface area contributed by atoms with Gasteiger partial charge >= 0.3 is 0 Å². The molecule has 0 unspecified atom stereocenters. The minimum Gasteiger partial charge on any atom is -0.367 e. The highest BCUT2D eigenvalue weighted by atomic mass is 19.1. The number of hydrogen-bond acceptors (Lipinski definition) is 2. The average molecular weight is 194 g/mol. The van der Waals surface area contributed by atoms with Gasteiger partial charge in [0.1, 0.15) is 5.83 Å². The zero-order chi connectivity index (χ0) is 9.54. The summed E-state index contributed by atoms with van der Waals surface area (Å²) in [4.78, 5) is 2.28. The monoisotopic (exact) mass is 194 g/mol. The van der Waals surface area contributed by atoms with Crippen LogP contribution < -0.4 is 5.32 Å². The number of rotatable bonds is 0. The predicted molar refractivity (Wildman–Crippen MR) is 53.4 cm³/mol. The molecule has 14 heavy (non-hydrogen) atoms. The summed E-state index contributed by atoms with van der Waals surface area (Å²) in [6.45, 7) is 2.06.